The van der Waals surface area contributed by atoms with E-state index in [1.165, 1.54) is 12.2 Å². The second-order valence-corrected chi connectivity index (χ2v) is 4.13. The molecule has 0 radical (unpaired) electrons. The van der Waals surface area contributed by atoms with E-state index in [0.717, 1.165) is 0 Å². The molecule has 1 aliphatic carbocycles. The molecule has 6 heteroatoms. The quantitative estimate of drug-likeness (QED) is 0.559. The van der Waals surface area contributed by atoms with E-state index < -0.39 is 0 Å². The van der Waals surface area contributed by atoms with E-state index in [1.54, 1.807) is 24.3 Å². The van der Waals surface area contributed by atoms with Crippen molar-refractivity contribution in [2.24, 2.45) is 4.99 Å². The summed E-state index contributed by atoms with van der Waals surface area (Å²) in [7, 11) is 0. The van der Waals surface area contributed by atoms with Crippen molar-refractivity contribution >= 4 is 28.6 Å². The first-order valence-electron chi connectivity index (χ1n) is 6.01. The van der Waals surface area contributed by atoms with Gasteiger partial charge in [-0.15, -0.1) is 0 Å². The second-order valence-electron chi connectivity index (χ2n) is 4.13. The highest BCUT2D eigenvalue weighted by molar-refractivity contribution is 6.17. The molecule has 0 saturated heterocycles. The maximum absolute atomic E-state index is 11.0. The highest BCUT2D eigenvalue weighted by Gasteiger charge is 2.08. The Morgan fingerprint density at radius 2 is 1.80 bits per heavy atom. The molecule has 0 saturated carbocycles. The molecule has 20 heavy (non-hydrogen) atoms. The van der Waals surface area contributed by atoms with Gasteiger partial charge >= 0.3 is 0 Å². The van der Waals surface area contributed by atoms with E-state index in [2.05, 4.69) is 4.99 Å². The Labute approximate surface area is 116 Å². The number of aliphatic imine (C=N–C) groups is 1. The summed E-state index contributed by atoms with van der Waals surface area (Å²) in [6.45, 7) is 0.0275. The largest absolute Gasteiger partial charge is 0.489 e. The summed E-state index contributed by atoms with van der Waals surface area (Å²) in [4.78, 5) is 15.4. The molecule has 6 nitrogen and oxygen atoms in total. The summed E-state index contributed by atoms with van der Waals surface area (Å²) in [5, 5.41) is 8.76. The van der Waals surface area contributed by atoms with Gasteiger partial charge in [-0.25, -0.2) is 4.99 Å². The van der Waals surface area contributed by atoms with Gasteiger partial charge in [0.05, 0.1) is 29.4 Å². The van der Waals surface area contributed by atoms with E-state index in [-0.39, 0.29) is 19.0 Å². The first-order valence-corrected chi connectivity index (χ1v) is 6.01. The van der Waals surface area contributed by atoms with Gasteiger partial charge in [0.1, 0.15) is 12.4 Å². The highest BCUT2D eigenvalue weighted by Crippen LogP contribution is 2.33. The van der Waals surface area contributed by atoms with Crippen molar-refractivity contribution in [2.75, 3.05) is 24.7 Å². The van der Waals surface area contributed by atoms with E-state index in [1.807, 2.05) is 0 Å². The smallest absolute Gasteiger partial charge is 0.178 e. The number of carbonyl (C=O) groups is 1. The minimum Gasteiger partial charge on any atom is -0.489 e. The molecule has 0 unspecified atom stereocenters. The fourth-order valence-electron chi connectivity index (χ4n) is 1.64. The number of ether oxygens (including phenoxy) is 1. The van der Waals surface area contributed by atoms with Crippen LogP contribution in [0.2, 0.25) is 0 Å². The van der Waals surface area contributed by atoms with Gasteiger partial charge < -0.3 is 21.3 Å². The van der Waals surface area contributed by atoms with E-state index >= 15 is 0 Å². The summed E-state index contributed by atoms with van der Waals surface area (Å²) in [6.07, 6.45) is 6.06. The number of rotatable bonds is 4. The van der Waals surface area contributed by atoms with Gasteiger partial charge in [0.15, 0.2) is 5.78 Å². The lowest BCUT2D eigenvalue weighted by Gasteiger charge is -2.10. The molecular formula is C14H15N3O3. The van der Waals surface area contributed by atoms with Crippen LogP contribution in [0.4, 0.5) is 17.1 Å². The van der Waals surface area contributed by atoms with E-state index in [9.17, 15) is 4.79 Å². The van der Waals surface area contributed by atoms with Gasteiger partial charge in [0.2, 0.25) is 0 Å². The normalized spacial score (nSPS) is 13.7. The van der Waals surface area contributed by atoms with Crippen LogP contribution in [0.25, 0.3) is 0 Å². The molecule has 2 rings (SSSR count). The van der Waals surface area contributed by atoms with Crippen LogP contribution in [-0.4, -0.2) is 29.8 Å². The zero-order chi connectivity index (χ0) is 14.5. The SMILES string of the molecule is Nc1cc(N)c(OCCO)cc1N=C1C=CC(=O)C=C1. The molecule has 0 bridgehead atoms. The van der Waals surface area contributed by atoms with Crippen molar-refractivity contribution in [1.82, 2.24) is 0 Å². The van der Waals surface area contributed by atoms with Crippen LogP contribution in [0, 0.1) is 0 Å². The van der Waals surface area contributed by atoms with Crippen LogP contribution in [0.15, 0.2) is 41.4 Å². The molecule has 104 valence electrons. The predicted molar refractivity (Wildman–Crippen MR) is 78.2 cm³/mol. The van der Waals surface area contributed by atoms with E-state index in [4.69, 9.17) is 21.3 Å². The minimum atomic E-state index is -0.110. The standard InChI is InChI=1S/C14H15N3O3/c15-11-7-12(16)14(20-6-5-18)8-13(11)17-9-1-3-10(19)4-2-9/h1-4,7-8,18H,5-6,15-16H2. The van der Waals surface area contributed by atoms with Crippen LogP contribution in [-0.2, 0) is 4.79 Å². The van der Waals surface area contributed by atoms with Crippen molar-refractivity contribution < 1.29 is 14.6 Å². The zero-order valence-electron chi connectivity index (χ0n) is 10.7. The maximum Gasteiger partial charge on any atom is 0.178 e. The van der Waals surface area contributed by atoms with Crippen LogP contribution < -0.4 is 16.2 Å². The lowest BCUT2D eigenvalue weighted by Crippen LogP contribution is -2.04. The third-order valence-corrected chi connectivity index (χ3v) is 2.59. The van der Waals surface area contributed by atoms with Gasteiger partial charge in [-0.1, -0.05) is 0 Å². The number of aliphatic hydroxyl groups is 1. The lowest BCUT2D eigenvalue weighted by atomic mass is 10.1. The van der Waals surface area contributed by atoms with Crippen LogP contribution >= 0.6 is 0 Å². The molecule has 0 aromatic heterocycles. The molecule has 0 amide bonds. The van der Waals surface area contributed by atoms with Crippen molar-refractivity contribution in [3.63, 3.8) is 0 Å². The van der Waals surface area contributed by atoms with Crippen molar-refractivity contribution in [1.29, 1.82) is 0 Å². The Morgan fingerprint density at radius 3 is 2.45 bits per heavy atom. The number of nitrogen functional groups attached to an aromatic ring is 2. The number of anilines is 2. The Bertz CT molecular complexity index is 600. The molecule has 0 heterocycles. The van der Waals surface area contributed by atoms with E-state index in [0.29, 0.717) is 28.5 Å². The summed E-state index contributed by atoms with van der Waals surface area (Å²) >= 11 is 0. The Balaban J connectivity index is 2.32. The summed E-state index contributed by atoms with van der Waals surface area (Å²) in [5.74, 6) is 0.327. The fourth-order valence-corrected chi connectivity index (χ4v) is 1.64. The highest BCUT2D eigenvalue weighted by atomic mass is 16.5. The Hall–Kier alpha value is -2.60. The number of nitrogens with zero attached hydrogens (tertiary/aromatic N) is 1. The average Bonchev–Trinajstić information content (AvgIpc) is 2.43. The van der Waals surface area contributed by atoms with Gasteiger partial charge in [0.25, 0.3) is 0 Å². The Kier molecular flexibility index (Phi) is 4.17. The predicted octanol–water partition coefficient (Wildman–Crippen LogP) is 0.990. The average molecular weight is 273 g/mol. The minimum absolute atomic E-state index is 0.0822. The summed E-state index contributed by atoms with van der Waals surface area (Å²) < 4.78 is 5.30. The van der Waals surface area contributed by atoms with Gasteiger partial charge in [-0.2, -0.15) is 0 Å². The van der Waals surface area contributed by atoms with Gasteiger partial charge in [-0.3, -0.25) is 4.79 Å². The summed E-state index contributed by atoms with van der Waals surface area (Å²) in [6, 6.07) is 3.15. The topological polar surface area (TPSA) is 111 Å². The van der Waals surface area contributed by atoms with Crippen LogP contribution in [0.1, 0.15) is 0 Å². The number of benzene rings is 1. The summed E-state index contributed by atoms with van der Waals surface area (Å²) in [5.41, 5.74) is 13.5. The molecule has 1 aromatic rings. The van der Waals surface area contributed by atoms with Crippen molar-refractivity contribution in [2.45, 2.75) is 0 Å². The zero-order valence-corrected chi connectivity index (χ0v) is 10.7. The molecule has 0 spiro atoms. The molecule has 1 aromatic carbocycles. The molecule has 0 fully saturated rings. The number of hydrogen-bond acceptors (Lipinski definition) is 6. The number of nitrogens with two attached hydrogens (primary N) is 2. The monoisotopic (exact) mass is 273 g/mol. The van der Waals surface area contributed by atoms with Crippen molar-refractivity contribution in [3.8, 4) is 5.75 Å². The first kappa shape index (κ1) is 13.8. The number of hydrogen-bond donors (Lipinski definition) is 3. The number of ketones is 1. The van der Waals surface area contributed by atoms with Gasteiger partial charge in [-0.05, 0) is 30.4 Å². The number of carbonyl (C=O) groups excluding carboxylic acids is 1. The second kappa shape index (κ2) is 6.03. The fraction of sp³-hybridized carbons (Fsp3) is 0.143. The Morgan fingerprint density at radius 1 is 1.10 bits per heavy atom. The maximum atomic E-state index is 11.0. The van der Waals surface area contributed by atoms with Crippen LogP contribution in [0.3, 0.4) is 0 Å². The molecule has 5 N–H and O–H groups in total. The molecule has 1 aliphatic rings. The third-order valence-electron chi connectivity index (χ3n) is 2.59. The lowest BCUT2D eigenvalue weighted by molar-refractivity contribution is -0.110. The van der Waals surface area contributed by atoms with Crippen LogP contribution in [0.5, 0.6) is 5.75 Å². The molecule has 0 atom stereocenters. The first-order chi connectivity index (χ1) is 9.60. The molecule has 0 aliphatic heterocycles. The third kappa shape index (κ3) is 3.24. The number of aliphatic hydroxyl groups excluding tert-OH is 1. The molecular weight excluding hydrogens is 258 g/mol. The van der Waals surface area contributed by atoms with Gasteiger partial charge in [0, 0.05) is 6.07 Å². The number of allylic oxidation sites excluding steroid dienone is 4. The van der Waals surface area contributed by atoms with Crippen molar-refractivity contribution in [3.05, 3.63) is 36.4 Å².